The van der Waals surface area contributed by atoms with Crippen LogP contribution in [0.4, 0.5) is 0 Å². The summed E-state index contributed by atoms with van der Waals surface area (Å²) in [6, 6.07) is 8.69. The zero-order valence-corrected chi connectivity index (χ0v) is 10.7. The molecule has 1 fully saturated rings. The highest BCUT2D eigenvalue weighted by atomic mass is 16.5. The van der Waals surface area contributed by atoms with Crippen LogP contribution in [0.5, 0.6) is 5.75 Å². The van der Waals surface area contributed by atoms with Gasteiger partial charge in [-0.1, -0.05) is 18.2 Å². The second-order valence-electron chi connectivity index (χ2n) is 4.51. The maximum absolute atomic E-state index is 11.7. The van der Waals surface area contributed by atoms with Crippen molar-refractivity contribution in [1.29, 1.82) is 0 Å². The molecule has 0 aliphatic carbocycles. The third-order valence-corrected chi connectivity index (χ3v) is 2.98. The SMILES string of the molecule is O=C(COc1ccccc1)N[C@H]1CCCCNC1=O. The molecule has 1 aliphatic rings. The van der Waals surface area contributed by atoms with Gasteiger partial charge in [0.05, 0.1) is 0 Å². The molecule has 0 spiro atoms. The van der Waals surface area contributed by atoms with Gasteiger partial charge in [-0.25, -0.2) is 0 Å². The lowest BCUT2D eigenvalue weighted by Gasteiger charge is -2.15. The van der Waals surface area contributed by atoms with E-state index < -0.39 is 6.04 Å². The molecule has 0 radical (unpaired) electrons. The van der Waals surface area contributed by atoms with Crippen molar-refractivity contribution in [3.05, 3.63) is 30.3 Å². The molecule has 19 heavy (non-hydrogen) atoms. The standard InChI is InChI=1S/C14H18N2O3/c17-13(10-19-11-6-2-1-3-7-11)16-12-8-4-5-9-15-14(12)18/h1-3,6-7,12H,4-5,8-10H2,(H,15,18)(H,16,17)/t12-/m0/s1. The summed E-state index contributed by atoms with van der Waals surface area (Å²) < 4.78 is 5.33. The highest BCUT2D eigenvalue weighted by Crippen LogP contribution is 2.08. The van der Waals surface area contributed by atoms with Crippen LogP contribution in [0.1, 0.15) is 19.3 Å². The normalized spacial score (nSPS) is 19.2. The third kappa shape index (κ3) is 4.28. The molecule has 1 saturated heterocycles. The third-order valence-electron chi connectivity index (χ3n) is 2.98. The number of carbonyl (C=O) groups is 2. The van der Waals surface area contributed by atoms with Crippen LogP contribution >= 0.6 is 0 Å². The van der Waals surface area contributed by atoms with Gasteiger partial charge in [0.15, 0.2) is 6.61 Å². The summed E-state index contributed by atoms with van der Waals surface area (Å²) in [4.78, 5) is 23.4. The van der Waals surface area contributed by atoms with Crippen LogP contribution in [-0.2, 0) is 9.59 Å². The van der Waals surface area contributed by atoms with Gasteiger partial charge in [0.2, 0.25) is 5.91 Å². The Hall–Kier alpha value is -2.04. The number of ether oxygens (including phenoxy) is 1. The first-order valence-electron chi connectivity index (χ1n) is 6.50. The van der Waals surface area contributed by atoms with E-state index in [1.165, 1.54) is 0 Å². The molecule has 0 aromatic heterocycles. The van der Waals surface area contributed by atoms with Gasteiger partial charge in [0, 0.05) is 6.54 Å². The van der Waals surface area contributed by atoms with Gasteiger partial charge in [0.1, 0.15) is 11.8 Å². The van der Waals surface area contributed by atoms with Crippen molar-refractivity contribution < 1.29 is 14.3 Å². The summed E-state index contributed by atoms with van der Waals surface area (Å²) in [5.74, 6) is 0.263. The van der Waals surface area contributed by atoms with Gasteiger partial charge in [0.25, 0.3) is 5.91 Å². The lowest BCUT2D eigenvalue weighted by Crippen LogP contribution is -2.46. The summed E-state index contributed by atoms with van der Waals surface area (Å²) in [5.41, 5.74) is 0. The minimum absolute atomic E-state index is 0.0756. The molecule has 2 amide bonds. The molecule has 1 atom stereocenters. The highest BCUT2D eigenvalue weighted by molar-refractivity contribution is 5.88. The number of hydrogen-bond donors (Lipinski definition) is 2. The zero-order chi connectivity index (χ0) is 13.5. The second-order valence-corrected chi connectivity index (χ2v) is 4.51. The molecule has 0 saturated carbocycles. The van der Waals surface area contributed by atoms with E-state index in [4.69, 9.17) is 4.74 Å². The lowest BCUT2D eigenvalue weighted by molar-refractivity contribution is -0.129. The van der Waals surface area contributed by atoms with Gasteiger partial charge in [-0.2, -0.15) is 0 Å². The number of carbonyl (C=O) groups excluding carboxylic acids is 2. The Morgan fingerprint density at radius 1 is 1.32 bits per heavy atom. The molecule has 5 nitrogen and oxygen atoms in total. The first-order valence-corrected chi connectivity index (χ1v) is 6.50. The molecule has 0 unspecified atom stereocenters. The predicted molar refractivity (Wildman–Crippen MR) is 70.7 cm³/mol. The van der Waals surface area contributed by atoms with Gasteiger partial charge < -0.3 is 15.4 Å². The largest absolute Gasteiger partial charge is 0.484 e. The first kappa shape index (κ1) is 13.4. The van der Waals surface area contributed by atoms with Gasteiger partial charge in [-0.15, -0.1) is 0 Å². The van der Waals surface area contributed by atoms with Crippen LogP contribution in [0.25, 0.3) is 0 Å². The molecular weight excluding hydrogens is 244 g/mol. The number of para-hydroxylation sites is 1. The van der Waals surface area contributed by atoms with E-state index in [2.05, 4.69) is 10.6 Å². The Balaban J connectivity index is 1.79. The Morgan fingerprint density at radius 2 is 2.11 bits per heavy atom. The quantitative estimate of drug-likeness (QED) is 0.845. The minimum atomic E-state index is -0.436. The summed E-state index contributed by atoms with van der Waals surface area (Å²) in [5, 5.41) is 5.48. The number of rotatable bonds is 4. The Kier molecular flexibility index (Phi) is 4.78. The molecule has 1 aromatic rings. The first-order chi connectivity index (χ1) is 9.25. The molecule has 5 heteroatoms. The maximum atomic E-state index is 11.7. The van der Waals surface area contributed by atoms with Gasteiger partial charge in [-0.3, -0.25) is 9.59 Å². The van der Waals surface area contributed by atoms with Crippen molar-refractivity contribution in [3.8, 4) is 5.75 Å². The molecule has 0 bridgehead atoms. The van der Waals surface area contributed by atoms with E-state index in [9.17, 15) is 9.59 Å². The van der Waals surface area contributed by atoms with E-state index in [1.54, 1.807) is 12.1 Å². The van der Waals surface area contributed by atoms with Gasteiger partial charge in [-0.05, 0) is 31.4 Å². The molecular formula is C14H18N2O3. The van der Waals surface area contributed by atoms with Crippen molar-refractivity contribution >= 4 is 11.8 Å². The smallest absolute Gasteiger partial charge is 0.258 e. The fraction of sp³-hybridized carbons (Fsp3) is 0.429. The van der Waals surface area contributed by atoms with E-state index in [0.29, 0.717) is 18.7 Å². The van der Waals surface area contributed by atoms with E-state index in [1.807, 2.05) is 18.2 Å². The average Bonchev–Trinajstić information content (AvgIpc) is 2.63. The van der Waals surface area contributed by atoms with Crippen LogP contribution < -0.4 is 15.4 Å². The van der Waals surface area contributed by atoms with Crippen LogP contribution in [0.3, 0.4) is 0 Å². The lowest BCUT2D eigenvalue weighted by atomic mass is 10.1. The Morgan fingerprint density at radius 3 is 2.89 bits per heavy atom. The van der Waals surface area contributed by atoms with Crippen LogP contribution in [0.2, 0.25) is 0 Å². The Labute approximate surface area is 112 Å². The monoisotopic (exact) mass is 262 g/mol. The number of benzene rings is 1. The summed E-state index contributed by atoms with van der Waals surface area (Å²) in [6.07, 6.45) is 2.57. The second kappa shape index (κ2) is 6.78. The van der Waals surface area contributed by atoms with E-state index in [0.717, 1.165) is 12.8 Å². The molecule has 1 heterocycles. The molecule has 1 aliphatic heterocycles. The van der Waals surface area contributed by atoms with Crippen LogP contribution in [-0.4, -0.2) is 31.0 Å². The number of amides is 2. The van der Waals surface area contributed by atoms with Crippen molar-refractivity contribution in [2.24, 2.45) is 0 Å². The summed E-state index contributed by atoms with van der Waals surface area (Å²) in [7, 11) is 0. The fourth-order valence-electron chi connectivity index (χ4n) is 1.98. The molecule has 102 valence electrons. The fourth-order valence-corrected chi connectivity index (χ4v) is 1.98. The predicted octanol–water partition coefficient (Wildman–Crippen LogP) is 0.850. The van der Waals surface area contributed by atoms with Crippen LogP contribution in [0, 0.1) is 0 Å². The maximum Gasteiger partial charge on any atom is 0.258 e. The highest BCUT2D eigenvalue weighted by Gasteiger charge is 2.22. The van der Waals surface area contributed by atoms with Crippen LogP contribution in [0.15, 0.2) is 30.3 Å². The number of nitrogens with one attached hydrogen (secondary N) is 2. The number of hydrogen-bond acceptors (Lipinski definition) is 3. The molecule has 1 aromatic carbocycles. The van der Waals surface area contributed by atoms with Crippen molar-refractivity contribution in [2.75, 3.05) is 13.2 Å². The summed E-state index contributed by atoms with van der Waals surface area (Å²) in [6.45, 7) is 0.611. The molecule has 2 rings (SSSR count). The topological polar surface area (TPSA) is 67.4 Å². The average molecular weight is 262 g/mol. The Bertz CT molecular complexity index is 434. The van der Waals surface area contributed by atoms with E-state index in [-0.39, 0.29) is 18.4 Å². The van der Waals surface area contributed by atoms with E-state index >= 15 is 0 Å². The van der Waals surface area contributed by atoms with Gasteiger partial charge >= 0.3 is 0 Å². The minimum Gasteiger partial charge on any atom is -0.484 e. The summed E-state index contributed by atoms with van der Waals surface area (Å²) >= 11 is 0. The van der Waals surface area contributed by atoms with Crippen molar-refractivity contribution in [1.82, 2.24) is 10.6 Å². The van der Waals surface area contributed by atoms with Crippen molar-refractivity contribution in [2.45, 2.75) is 25.3 Å². The zero-order valence-electron chi connectivity index (χ0n) is 10.7. The van der Waals surface area contributed by atoms with Crippen molar-refractivity contribution in [3.63, 3.8) is 0 Å². The molecule has 2 N–H and O–H groups in total.